The molecule has 31 heavy (non-hydrogen) atoms. The van der Waals surface area contributed by atoms with Gasteiger partial charge in [0.2, 0.25) is 0 Å². The Kier molecular flexibility index (Phi) is 6.54. The third-order valence-corrected chi connectivity index (χ3v) is 5.07. The quantitative estimate of drug-likeness (QED) is 0.303. The molecule has 0 saturated heterocycles. The van der Waals surface area contributed by atoms with Crippen molar-refractivity contribution >= 4 is 34.1 Å². The van der Waals surface area contributed by atoms with Crippen LogP contribution in [0.1, 0.15) is 18.1 Å². The zero-order valence-corrected chi connectivity index (χ0v) is 17.5. The molecule has 0 aliphatic carbocycles. The molecule has 0 saturated carbocycles. The summed E-state index contributed by atoms with van der Waals surface area (Å²) in [5.41, 5.74) is -0.259. The normalized spacial score (nSPS) is 11.4. The predicted octanol–water partition coefficient (Wildman–Crippen LogP) is 5.23. The molecule has 0 bridgehead atoms. The molecule has 0 unspecified atom stereocenters. The molecule has 0 aliphatic rings. The van der Waals surface area contributed by atoms with E-state index in [4.69, 9.17) is 17.0 Å². The van der Waals surface area contributed by atoms with Gasteiger partial charge in [-0.1, -0.05) is 24.4 Å². The molecule has 1 heterocycles. The van der Waals surface area contributed by atoms with E-state index in [1.54, 1.807) is 20.0 Å². The van der Waals surface area contributed by atoms with Crippen LogP contribution in [0.4, 0.5) is 17.6 Å². The molecule has 0 radical (unpaired) electrons. The fraction of sp³-hybridized carbons (Fsp3) is 0.227. The summed E-state index contributed by atoms with van der Waals surface area (Å²) in [5.74, 6) is -0.995. The summed E-state index contributed by atoms with van der Waals surface area (Å²) in [4.78, 5) is 17.6. The lowest BCUT2D eigenvalue weighted by Crippen LogP contribution is -2.32. The summed E-state index contributed by atoms with van der Waals surface area (Å²) in [7, 11) is 1.55. The van der Waals surface area contributed by atoms with Crippen LogP contribution in [-0.2, 0) is 15.7 Å². The van der Waals surface area contributed by atoms with Crippen LogP contribution in [0.25, 0.3) is 22.2 Å². The number of pyridine rings is 1. The van der Waals surface area contributed by atoms with E-state index < -0.39 is 23.5 Å². The fourth-order valence-electron chi connectivity index (χ4n) is 3.10. The van der Waals surface area contributed by atoms with E-state index in [1.165, 1.54) is 41.3 Å². The molecule has 162 valence electrons. The molecule has 3 aromatic rings. The van der Waals surface area contributed by atoms with Crippen LogP contribution in [0, 0.1) is 5.82 Å². The number of halogens is 4. The number of para-hydroxylation sites is 1. The van der Waals surface area contributed by atoms with Crippen molar-refractivity contribution in [1.29, 1.82) is 0 Å². The molecule has 0 atom stereocenters. The van der Waals surface area contributed by atoms with Gasteiger partial charge in [-0.05, 0) is 43.3 Å². The summed E-state index contributed by atoms with van der Waals surface area (Å²) in [6, 6.07) is 10.5. The topological polar surface area (TPSA) is 42.4 Å². The van der Waals surface area contributed by atoms with Gasteiger partial charge in [0.05, 0.1) is 23.4 Å². The highest BCUT2D eigenvalue weighted by Gasteiger charge is 2.34. The SMILES string of the molecule is CCOC(=O)CN(C)C(=S)c1cc(-c2ccc(F)cc2)nc2c(C(F)(F)F)cccc12. The van der Waals surface area contributed by atoms with Crippen molar-refractivity contribution in [2.24, 2.45) is 0 Å². The van der Waals surface area contributed by atoms with Crippen molar-refractivity contribution in [3.05, 3.63) is 65.5 Å². The molecular weight excluding hydrogens is 432 g/mol. The number of rotatable bonds is 5. The molecular formula is C22H18F4N2O2S. The molecule has 0 fully saturated rings. The molecule has 0 spiro atoms. The van der Waals surface area contributed by atoms with Crippen molar-refractivity contribution in [3.8, 4) is 11.3 Å². The molecule has 3 rings (SSSR count). The number of nitrogens with zero attached hydrogens (tertiary/aromatic N) is 2. The third kappa shape index (κ3) is 4.99. The van der Waals surface area contributed by atoms with Gasteiger partial charge in [0.15, 0.2) is 0 Å². The summed E-state index contributed by atoms with van der Waals surface area (Å²) in [6.07, 6.45) is -4.64. The van der Waals surface area contributed by atoms with E-state index in [0.717, 1.165) is 6.07 Å². The zero-order valence-electron chi connectivity index (χ0n) is 16.7. The third-order valence-electron chi connectivity index (χ3n) is 4.53. The van der Waals surface area contributed by atoms with Gasteiger partial charge in [0.1, 0.15) is 17.4 Å². The minimum Gasteiger partial charge on any atom is -0.465 e. The van der Waals surface area contributed by atoms with E-state index in [9.17, 15) is 22.4 Å². The monoisotopic (exact) mass is 450 g/mol. The van der Waals surface area contributed by atoms with Crippen molar-refractivity contribution in [2.75, 3.05) is 20.2 Å². The van der Waals surface area contributed by atoms with Gasteiger partial charge < -0.3 is 9.64 Å². The van der Waals surface area contributed by atoms with E-state index in [-0.39, 0.29) is 34.7 Å². The second-order valence-electron chi connectivity index (χ2n) is 6.73. The van der Waals surface area contributed by atoms with Crippen molar-refractivity contribution in [3.63, 3.8) is 0 Å². The van der Waals surface area contributed by atoms with E-state index in [2.05, 4.69) is 4.98 Å². The van der Waals surface area contributed by atoms with Gasteiger partial charge in [-0.3, -0.25) is 4.79 Å². The number of benzene rings is 2. The first-order valence-corrected chi connectivity index (χ1v) is 9.70. The first-order chi connectivity index (χ1) is 14.6. The molecule has 0 amide bonds. The Morgan fingerprint density at radius 1 is 1.16 bits per heavy atom. The van der Waals surface area contributed by atoms with Crippen LogP contribution in [0.15, 0.2) is 48.5 Å². The molecule has 0 N–H and O–H groups in total. The predicted molar refractivity (Wildman–Crippen MR) is 113 cm³/mol. The van der Waals surface area contributed by atoms with Crippen molar-refractivity contribution < 1.29 is 27.1 Å². The lowest BCUT2D eigenvalue weighted by Gasteiger charge is -2.21. The largest absolute Gasteiger partial charge is 0.465 e. The van der Waals surface area contributed by atoms with Crippen LogP contribution in [0.3, 0.4) is 0 Å². The first kappa shape index (κ1) is 22.6. The lowest BCUT2D eigenvalue weighted by molar-refractivity contribution is -0.143. The Hall–Kier alpha value is -3.07. The van der Waals surface area contributed by atoms with Crippen LogP contribution < -0.4 is 0 Å². The van der Waals surface area contributed by atoms with Gasteiger partial charge in [0.25, 0.3) is 0 Å². The maximum Gasteiger partial charge on any atom is 0.418 e. The minimum atomic E-state index is -4.64. The van der Waals surface area contributed by atoms with Crippen LogP contribution >= 0.6 is 12.2 Å². The number of ether oxygens (including phenoxy) is 1. The lowest BCUT2D eigenvalue weighted by atomic mass is 10.0. The Balaban J connectivity index is 2.20. The summed E-state index contributed by atoms with van der Waals surface area (Å²) < 4.78 is 59.2. The number of fused-ring (bicyclic) bond motifs is 1. The molecule has 4 nitrogen and oxygen atoms in total. The van der Waals surface area contributed by atoms with E-state index in [1.807, 2.05) is 0 Å². The Labute approximate surface area is 181 Å². The average Bonchev–Trinajstić information content (AvgIpc) is 2.71. The van der Waals surface area contributed by atoms with Crippen molar-refractivity contribution in [1.82, 2.24) is 9.88 Å². The second kappa shape index (κ2) is 8.97. The molecule has 9 heteroatoms. The number of hydrogen-bond acceptors (Lipinski definition) is 4. The van der Waals surface area contributed by atoms with E-state index >= 15 is 0 Å². The molecule has 1 aromatic heterocycles. The number of esters is 1. The Bertz CT molecular complexity index is 1130. The highest BCUT2D eigenvalue weighted by molar-refractivity contribution is 7.80. The summed E-state index contributed by atoms with van der Waals surface area (Å²) in [5, 5.41) is 0.196. The van der Waals surface area contributed by atoms with Gasteiger partial charge in [-0.15, -0.1) is 0 Å². The number of alkyl halides is 3. The van der Waals surface area contributed by atoms with Gasteiger partial charge in [0, 0.05) is 23.6 Å². The van der Waals surface area contributed by atoms with Gasteiger partial charge >= 0.3 is 12.1 Å². The Morgan fingerprint density at radius 2 is 1.84 bits per heavy atom. The van der Waals surface area contributed by atoms with Gasteiger partial charge in [-0.25, -0.2) is 9.37 Å². The second-order valence-corrected chi connectivity index (χ2v) is 7.11. The summed E-state index contributed by atoms with van der Waals surface area (Å²) >= 11 is 5.49. The van der Waals surface area contributed by atoms with Crippen LogP contribution in [0.5, 0.6) is 0 Å². The molecule has 0 aliphatic heterocycles. The number of thiocarbonyl (C=S) groups is 1. The van der Waals surface area contributed by atoms with Crippen LogP contribution in [0.2, 0.25) is 0 Å². The number of carbonyl (C=O) groups is 1. The van der Waals surface area contributed by atoms with Crippen molar-refractivity contribution in [2.45, 2.75) is 13.1 Å². The standard InChI is InChI=1S/C22H18F4N2O2S/c1-3-30-19(29)12-28(2)21(31)16-11-18(13-7-9-14(23)10-8-13)27-20-15(16)5-4-6-17(20)22(24,25)26/h4-11H,3,12H2,1-2H3. The smallest absolute Gasteiger partial charge is 0.418 e. The maximum atomic E-state index is 13.7. The first-order valence-electron chi connectivity index (χ1n) is 9.29. The summed E-state index contributed by atoms with van der Waals surface area (Å²) in [6.45, 7) is 1.70. The minimum absolute atomic E-state index is 0.156. The number of carbonyl (C=O) groups excluding carboxylic acids is 1. The van der Waals surface area contributed by atoms with E-state index in [0.29, 0.717) is 11.1 Å². The number of hydrogen-bond donors (Lipinski definition) is 0. The highest BCUT2D eigenvalue weighted by Crippen LogP contribution is 2.36. The number of likely N-dealkylation sites (N-methyl/N-ethyl adjacent to an activating group) is 1. The van der Waals surface area contributed by atoms with Gasteiger partial charge in [-0.2, -0.15) is 13.2 Å². The fourth-order valence-corrected chi connectivity index (χ4v) is 3.33. The maximum absolute atomic E-state index is 13.7. The highest BCUT2D eigenvalue weighted by atomic mass is 32.1. The Morgan fingerprint density at radius 3 is 2.45 bits per heavy atom. The average molecular weight is 450 g/mol. The number of aromatic nitrogens is 1. The zero-order chi connectivity index (χ0) is 22.8. The molecule has 2 aromatic carbocycles. The van der Waals surface area contributed by atoms with Crippen LogP contribution in [-0.4, -0.2) is 41.0 Å².